The Labute approximate surface area is 207 Å². The molecular weight excluding hydrogens is 444 g/mol. The van der Waals surface area contributed by atoms with Crippen molar-refractivity contribution in [3.05, 3.63) is 42.9 Å². The number of morpholine rings is 1. The Hall–Kier alpha value is -3.59. The van der Waals surface area contributed by atoms with Crippen LogP contribution in [-0.2, 0) is 9.53 Å². The Morgan fingerprint density at radius 2 is 1.77 bits per heavy atom. The van der Waals surface area contributed by atoms with Crippen LogP contribution >= 0.6 is 0 Å². The van der Waals surface area contributed by atoms with Gasteiger partial charge in [-0.1, -0.05) is 34.6 Å². The lowest BCUT2D eigenvalue weighted by Crippen LogP contribution is -2.36. The molecule has 1 aliphatic heterocycles. The van der Waals surface area contributed by atoms with Crippen LogP contribution < -0.4 is 15.0 Å². The number of amides is 1. The smallest absolute Gasteiger partial charge is 0.230 e. The molecule has 0 atom stereocenters. The van der Waals surface area contributed by atoms with Crippen LogP contribution in [0.5, 0.6) is 5.75 Å². The van der Waals surface area contributed by atoms with Crippen LogP contribution in [0.4, 0.5) is 11.6 Å². The number of rotatable bonds is 5. The van der Waals surface area contributed by atoms with E-state index in [1.165, 1.54) is 0 Å². The first-order valence-electron chi connectivity index (χ1n) is 11.8. The minimum atomic E-state index is -0.504. The van der Waals surface area contributed by atoms with Gasteiger partial charge in [0.05, 0.1) is 32.2 Å². The molecule has 4 rings (SSSR count). The molecule has 0 aromatic carbocycles. The average molecular weight is 479 g/mol. The maximum Gasteiger partial charge on any atom is 0.230 e. The zero-order valence-electron chi connectivity index (χ0n) is 21.3. The van der Waals surface area contributed by atoms with Crippen molar-refractivity contribution >= 4 is 17.5 Å². The molecule has 3 aromatic rings. The number of pyridine rings is 2. The quantitative estimate of drug-likeness (QED) is 0.574. The summed E-state index contributed by atoms with van der Waals surface area (Å²) in [5, 5.41) is 2.84. The highest BCUT2D eigenvalue weighted by atomic mass is 16.5. The first kappa shape index (κ1) is 26.0. The lowest BCUT2D eigenvalue weighted by atomic mass is 9.96. The summed E-state index contributed by atoms with van der Waals surface area (Å²) in [7, 11) is 1.61. The predicted molar refractivity (Wildman–Crippen MR) is 138 cm³/mol. The zero-order valence-corrected chi connectivity index (χ0v) is 21.3. The molecule has 0 unspecified atom stereocenters. The van der Waals surface area contributed by atoms with Gasteiger partial charge in [-0.3, -0.25) is 9.78 Å². The van der Waals surface area contributed by atoms with Gasteiger partial charge in [0, 0.05) is 48.1 Å². The Bertz CT molecular complexity index is 1120. The van der Waals surface area contributed by atoms with Gasteiger partial charge >= 0.3 is 0 Å². The largest absolute Gasteiger partial charge is 0.495 e. The molecule has 4 heterocycles. The third-order valence-corrected chi connectivity index (χ3v) is 5.24. The number of nitrogens with zero attached hydrogens (tertiary/aromatic N) is 5. The van der Waals surface area contributed by atoms with Crippen LogP contribution in [0.25, 0.3) is 22.6 Å². The number of methoxy groups -OCH3 is 1. The van der Waals surface area contributed by atoms with Gasteiger partial charge in [0.1, 0.15) is 17.4 Å². The van der Waals surface area contributed by atoms with Crippen LogP contribution in [0.15, 0.2) is 42.9 Å². The molecular formula is C26H34N6O3. The topological polar surface area (TPSA) is 102 Å². The average Bonchev–Trinajstić information content (AvgIpc) is 2.90. The van der Waals surface area contributed by atoms with E-state index >= 15 is 0 Å². The first-order valence-corrected chi connectivity index (χ1v) is 11.8. The van der Waals surface area contributed by atoms with Crippen molar-refractivity contribution in [3.63, 3.8) is 0 Å². The second-order valence-corrected chi connectivity index (χ2v) is 8.78. The summed E-state index contributed by atoms with van der Waals surface area (Å²) in [5.41, 5.74) is 1.80. The fourth-order valence-electron chi connectivity index (χ4n) is 3.24. The number of nitrogens with one attached hydrogen (secondary N) is 1. The standard InChI is InChI=1S/C24H28N6O3.C2H6/c1-24(2,3)23(31)28-20-6-5-16(14-26-20)22-27-19(17-11-18(32-4)15-25-13-17)12-21(29-22)30-7-9-33-10-8-30;1-2/h5-6,11-15H,7-10H2,1-4H3,(H,26,28,31);1-2H3. The Kier molecular flexibility index (Phi) is 8.70. The molecule has 0 aliphatic carbocycles. The van der Waals surface area contributed by atoms with E-state index in [-0.39, 0.29) is 5.91 Å². The van der Waals surface area contributed by atoms with E-state index < -0.39 is 5.41 Å². The Balaban J connectivity index is 0.00000167. The molecule has 0 bridgehead atoms. The van der Waals surface area contributed by atoms with E-state index in [4.69, 9.17) is 19.4 Å². The van der Waals surface area contributed by atoms with Crippen molar-refractivity contribution in [2.75, 3.05) is 43.6 Å². The number of ether oxygens (including phenoxy) is 2. The lowest BCUT2D eigenvalue weighted by Gasteiger charge is -2.28. The maximum atomic E-state index is 12.3. The second kappa shape index (κ2) is 11.7. The lowest BCUT2D eigenvalue weighted by molar-refractivity contribution is -0.123. The van der Waals surface area contributed by atoms with E-state index in [9.17, 15) is 4.79 Å². The van der Waals surface area contributed by atoms with E-state index in [1.807, 2.05) is 52.8 Å². The van der Waals surface area contributed by atoms with Crippen LogP contribution in [-0.4, -0.2) is 59.3 Å². The minimum Gasteiger partial charge on any atom is -0.495 e. The normalized spacial score (nSPS) is 13.5. The number of hydrogen-bond acceptors (Lipinski definition) is 8. The zero-order chi connectivity index (χ0) is 25.4. The number of carbonyl (C=O) groups excluding carboxylic acids is 1. The summed E-state index contributed by atoms with van der Waals surface area (Å²) in [5.74, 6) is 2.40. The first-order chi connectivity index (χ1) is 16.8. The molecule has 9 heteroatoms. The molecule has 186 valence electrons. The van der Waals surface area contributed by atoms with Crippen molar-refractivity contribution in [3.8, 4) is 28.4 Å². The number of aromatic nitrogens is 4. The van der Waals surface area contributed by atoms with E-state index in [1.54, 1.807) is 31.8 Å². The molecule has 9 nitrogen and oxygen atoms in total. The summed E-state index contributed by atoms with van der Waals surface area (Å²) in [6.07, 6.45) is 5.08. The molecule has 0 spiro atoms. The SMILES string of the molecule is CC.COc1cncc(-c2cc(N3CCOCC3)nc(-c3ccc(NC(=O)C(C)(C)C)nc3)n2)c1. The third-order valence-electron chi connectivity index (χ3n) is 5.24. The summed E-state index contributed by atoms with van der Waals surface area (Å²) >= 11 is 0. The Morgan fingerprint density at radius 3 is 2.40 bits per heavy atom. The number of anilines is 2. The molecule has 1 saturated heterocycles. The van der Waals surface area contributed by atoms with Crippen molar-refractivity contribution < 1.29 is 14.3 Å². The van der Waals surface area contributed by atoms with Gasteiger partial charge in [0.2, 0.25) is 5.91 Å². The molecule has 1 fully saturated rings. The summed E-state index contributed by atoms with van der Waals surface area (Å²) in [4.78, 5) is 32.7. The van der Waals surface area contributed by atoms with E-state index in [0.717, 1.165) is 35.7 Å². The van der Waals surface area contributed by atoms with Gasteiger partial charge in [-0.25, -0.2) is 15.0 Å². The molecule has 3 aromatic heterocycles. The van der Waals surface area contributed by atoms with Crippen molar-refractivity contribution in [1.29, 1.82) is 0 Å². The minimum absolute atomic E-state index is 0.0962. The predicted octanol–water partition coefficient (Wildman–Crippen LogP) is 4.46. The molecule has 1 N–H and O–H groups in total. The maximum absolute atomic E-state index is 12.3. The fourth-order valence-corrected chi connectivity index (χ4v) is 3.24. The second-order valence-electron chi connectivity index (χ2n) is 8.78. The highest BCUT2D eigenvalue weighted by Gasteiger charge is 2.22. The number of hydrogen-bond donors (Lipinski definition) is 1. The highest BCUT2D eigenvalue weighted by Crippen LogP contribution is 2.28. The van der Waals surface area contributed by atoms with Crippen LogP contribution in [0, 0.1) is 5.41 Å². The van der Waals surface area contributed by atoms with Gasteiger partial charge in [-0.15, -0.1) is 0 Å². The van der Waals surface area contributed by atoms with Crippen molar-refractivity contribution in [1.82, 2.24) is 19.9 Å². The van der Waals surface area contributed by atoms with E-state index in [2.05, 4.69) is 20.2 Å². The van der Waals surface area contributed by atoms with Crippen LogP contribution in [0.2, 0.25) is 0 Å². The third kappa shape index (κ3) is 6.73. The number of carbonyl (C=O) groups is 1. The summed E-state index contributed by atoms with van der Waals surface area (Å²) < 4.78 is 10.8. The molecule has 35 heavy (non-hydrogen) atoms. The van der Waals surface area contributed by atoms with Gasteiger partial charge in [-0.05, 0) is 18.2 Å². The molecule has 0 saturated carbocycles. The van der Waals surface area contributed by atoms with Crippen molar-refractivity contribution in [2.45, 2.75) is 34.6 Å². The van der Waals surface area contributed by atoms with Crippen LogP contribution in [0.1, 0.15) is 34.6 Å². The van der Waals surface area contributed by atoms with Crippen LogP contribution in [0.3, 0.4) is 0 Å². The van der Waals surface area contributed by atoms with Gasteiger partial charge < -0.3 is 19.7 Å². The molecule has 0 radical (unpaired) electrons. The van der Waals surface area contributed by atoms with E-state index in [0.29, 0.717) is 30.6 Å². The van der Waals surface area contributed by atoms with Gasteiger partial charge in [0.25, 0.3) is 0 Å². The molecule has 1 amide bonds. The van der Waals surface area contributed by atoms with Gasteiger partial charge in [0.15, 0.2) is 5.82 Å². The molecule has 1 aliphatic rings. The fraction of sp³-hybridized carbons (Fsp3) is 0.423. The van der Waals surface area contributed by atoms with Crippen molar-refractivity contribution in [2.24, 2.45) is 5.41 Å². The van der Waals surface area contributed by atoms with Gasteiger partial charge in [-0.2, -0.15) is 0 Å². The monoisotopic (exact) mass is 478 g/mol. The Morgan fingerprint density at radius 1 is 1.03 bits per heavy atom. The summed E-state index contributed by atoms with van der Waals surface area (Å²) in [6.45, 7) is 12.4. The summed E-state index contributed by atoms with van der Waals surface area (Å²) in [6, 6.07) is 7.47. The highest BCUT2D eigenvalue weighted by molar-refractivity contribution is 5.93.